The van der Waals surface area contributed by atoms with Crippen molar-refractivity contribution in [1.29, 1.82) is 0 Å². The van der Waals surface area contributed by atoms with Gasteiger partial charge in [-0.15, -0.1) is 11.3 Å². The van der Waals surface area contributed by atoms with Gasteiger partial charge in [-0.05, 0) is 30.5 Å². The Labute approximate surface area is 168 Å². The quantitative estimate of drug-likeness (QED) is 0.705. The van der Waals surface area contributed by atoms with Crippen molar-refractivity contribution in [1.82, 2.24) is 9.88 Å². The van der Waals surface area contributed by atoms with Gasteiger partial charge >= 0.3 is 0 Å². The van der Waals surface area contributed by atoms with Crippen LogP contribution in [-0.2, 0) is 11.2 Å². The molecule has 0 aliphatic carbocycles. The number of carbonyl (C=O) groups is 2. The van der Waals surface area contributed by atoms with Crippen LogP contribution in [0.1, 0.15) is 40.5 Å². The molecule has 1 aromatic heterocycles. The zero-order valence-corrected chi connectivity index (χ0v) is 16.2. The molecule has 0 radical (unpaired) electrons. The number of rotatable bonds is 5. The molecule has 2 amide bonds. The standard InChI is InChI=1S/C22H21N3O2S/c26-20(25-13-7-12-19(25)16-8-3-1-4-9-16)14-18-15-28-22(23-18)24-21(27)17-10-5-2-6-11-17/h1-6,8-11,15,19H,7,12-14H2,(H,23,24,27). The van der Waals surface area contributed by atoms with Crippen LogP contribution in [0.25, 0.3) is 0 Å². The first-order valence-electron chi connectivity index (χ1n) is 9.36. The van der Waals surface area contributed by atoms with Crippen molar-refractivity contribution in [3.05, 3.63) is 82.9 Å². The number of hydrogen-bond donors (Lipinski definition) is 1. The van der Waals surface area contributed by atoms with Crippen LogP contribution in [0.4, 0.5) is 5.13 Å². The monoisotopic (exact) mass is 391 g/mol. The molecule has 0 bridgehead atoms. The molecule has 142 valence electrons. The van der Waals surface area contributed by atoms with E-state index < -0.39 is 0 Å². The molecular weight excluding hydrogens is 370 g/mol. The highest BCUT2D eigenvalue weighted by Gasteiger charge is 2.30. The van der Waals surface area contributed by atoms with Gasteiger partial charge < -0.3 is 4.90 Å². The van der Waals surface area contributed by atoms with Crippen LogP contribution >= 0.6 is 11.3 Å². The molecule has 1 saturated heterocycles. The third-order valence-electron chi connectivity index (χ3n) is 4.90. The number of benzene rings is 2. The van der Waals surface area contributed by atoms with Crippen molar-refractivity contribution in [3.63, 3.8) is 0 Å². The number of thiazole rings is 1. The summed E-state index contributed by atoms with van der Waals surface area (Å²) in [6, 6.07) is 19.3. The molecule has 1 fully saturated rings. The minimum atomic E-state index is -0.198. The van der Waals surface area contributed by atoms with Crippen molar-refractivity contribution in [3.8, 4) is 0 Å². The molecule has 1 unspecified atom stereocenters. The molecule has 1 N–H and O–H groups in total. The average Bonchev–Trinajstić information content (AvgIpc) is 3.39. The number of likely N-dealkylation sites (tertiary alicyclic amines) is 1. The van der Waals surface area contributed by atoms with E-state index in [2.05, 4.69) is 22.4 Å². The topological polar surface area (TPSA) is 62.3 Å². The summed E-state index contributed by atoms with van der Waals surface area (Å²) in [5.74, 6) is -0.117. The van der Waals surface area contributed by atoms with Gasteiger partial charge in [0, 0.05) is 17.5 Å². The van der Waals surface area contributed by atoms with E-state index in [0.29, 0.717) is 16.4 Å². The van der Waals surface area contributed by atoms with Gasteiger partial charge in [0.05, 0.1) is 18.2 Å². The van der Waals surface area contributed by atoms with Crippen molar-refractivity contribution in [2.24, 2.45) is 0 Å². The predicted octanol–water partition coefficient (Wildman–Crippen LogP) is 4.30. The minimum Gasteiger partial charge on any atom is -0.335 e. The van der Waals surface area contributed by atoms with Gasteiger partial charge in [0.1, 0.15) is 0 Å². The highest BCUT2D eigenvalue weighted by Crippen LogP contribution is 2.32. The van der Waals surface area contributed by atoms with E-state index in [0.717, 1.165) is 19.4 Å². The number of aromatic nitrogens is 1. The van der Waals surface area contributed by atoms with E-state index in [1.165, 1.54) is 16.9 Å². The summed E-state index contributed by atoms with van der Waals surface area (Å²) in [5, 5.41) is 5.15. The Kier molecular flexibility index (Phi) is 5.48. The molecule has 2 aromatic carbocycles. The minimum absolute atomic E-state index is 0.0811. The van der Waals surface area contributed by atoms with Crippen LogP contribution in [0.3, 0.4) is 0 Å². The molecule has 5 nitrogen and oxygen atoms in total. The number of carbonyl (C=O) groups excluding carboxylic acids is 2. The summed E-state index contributed by atoms with van der Waals surface area (Å²) >= 11 is 1.34. The fraction of sp³-hybridized carbons (Fsp3) is 0.227. The third-order valence-corrected chi connectivity index (χ3v) is 5.70. The van der Waals surface area contributed by atoms with E-state index in [9.17, 15) is 9.59 Å². The second kappa shape index (κ2) is 8.35. The lowest BCUT2D eigenvalue weighted by molar-refractivity contribution is -0.131. The molecule has 0 saturated carbocycles. The number of hydrogen-bond acceptors (Lipinski definition) is 4. The van der Waals surface area contributed by atoms with Gasteiger partial charge in [-0.2, -0.15) is 0 Å². The smallest absolute Gasteiger partial charge is 0.257 e. The number of anilines is 1. The van der Waals surface area contributed by atoms with Gasteiger partial charge in [0.2, 0.25) is 5.91 Å². The Morgan fingerprint density at radius 1 is 1.07 bits per heavy atom. The summed E-state index contributed by atoms with van der Waals surface area (Å²) in [7, 11) is 0. The van der Waals surface area contributed by atoms with Gasteiger partial charge in [-0.1, -0.05) is 48.5 Å². The predicted molar refractivity (Wildman–Crippen MR) is 110 cm³/mol. The zero-order chi connectivity index (χ0) is 19.3. The van der Waals surface area contributed by atoms with Crippen LogP contribution < -0.4 is 5.32 Å². The Bertz CT molecular complexity index is 956. The second-order valence-corrected chi connectivity index (χ2v) is 7.65. The zero-order valence-electron chi connectivity index (χ0n) is 15.4. The van der Waals surface area contributed by atoms with Crippen molar-refractivity contribution < 1.29 is 9.59 Å². The number of amides is 2. The maximum absolute atomic E-state index is 12.9. The molecule has 3 aromatic rings. The van der Waals surface area contributed by atoms with E-state index in [-0.39, 0.29) is 24.3 Å². The van der Waals surface area contributed by atoms with Gasteiger partial charge in [0.15, 0.2) is 5.13 Å². The van der Waals surface area contributed by atoms with Gasteiger partial charge in [-0.3, -0.25) is 14.9 Å². The molecule has 6 heteroatoms. The summed E-state index contributed by atoms with van der Waals surface area (Å²) in [6.07, 6.45) is 2.26. The fourth-order valence-corrected chi connectivity index (χ4v) is 4.25. The Balaban J connectivity index is 1.39. The Morgan fingerprint density at radius 2 is 1.79 bits per heavy atom. The molecule has 0 spiro atoms. The SMILES string of the molecule is O=C(Nc1nc(CC(=O)N2CCCC2c2ccccc2)cs1)c1ccccc1. The summed E-state index contributed by atoms with van der Waals surface area (Å²) in [5.41, 5.74) is 2.46. The summed E-state index contributed by atoms with van der Waals surface area (Å²) in [4.78, 5) is 31.5. The first-order valence-corrected chi connectivity index (χ1v) is 10.2. The molecule has 4 rings (SSSR count). The lowest BCUT2D eigenvalue weighted by atomic mass is 10.0. The van der Waals surface area contributed by atoms with Gasteiger partial charge in [-0.25, -0.2) is 4.98 Å². The molecule has 1 atom stereocenters. The average molecular weight is 391 g/mol. The van der Waals surface area contributed by atoms with E-state index in [1.807, 2.05) is 46.7 Å². The molecule has 2 heterocycles. The van der Waals surface area contributed by atoms with Crippen molar-refractivity contribution in [2.45, 2.75) is 25.3 Å². The number of nitrogens with one attached hydrogen (secondary N) is 1. The van der Waals surface area contributed by atoms with E-state index >= 15 is 0 Å². The number of nitrogens with zero attached hydrogens (tertiary/aromatic N) is 2. The Hall–Kier alpha value is -2.99. The Morgan fingerprint density at radius 3 is 2.54 bits per heavy atom. The first-order chi connectivity index (χ1) is 13.7. The molecule has 1 aliphatic heterocycles. The van der Waals surface area contributed by atoms with Crippen LogP contribution in [0.15, 0.2) is 66.0 Å². The fourth-order valence-electron chi connectivity index (χ4n) is 3.55. The van der Waals surface area contributed by atoms with E-state index in [4.69, 9.17) is 0 Å². The normalized spacial score (nSPS) is 16.1. The maximum Gasteiger partial charge on any atom is 0.257 e. The van der Waals surface area contributed by atoms with Crippen LogP contribution in [0, 0.1) is 0 Å². The van der Waals surface area contributed by atoms with Crippen LogP contribution in [0.2, 0.25) is 0 Å². The van der Waals surface area contributed by atoms with Crippen LogP contribution in [-0.4, -0.2) is 28.2 Å². The maximum atomic E-state index is 12.9. The second-order valence-electron chi connectivity index (χ2n) is 6.80. The highest BCUT2D eigenvalue weighted by molar-refractivity contribution is 7.14. The van der Waals surface area contributed by atoms with Gasteiger partial charge in [0.25, 0.3) is 5.91 Å². The van der Waals surface area contributed by atoms with Crippen molar-refractivity contribution in [2.75, 3.05) is 11.9 Å². The summed E-state index contributed by atoms with van der Waals surface area (Å²) < 4.78 is 0. The first kappa shape index (κ1) is 18.4. The van der Waals surface area contributed by atoms with E-state index in [1.54, 1.807) is 12.1 Å². The molecule has 1 aliphatic rings. The summed E-state index contributed by atoms with van der Waals surface area (Å²) in [6.45, 7) is 0.778. The lowest BCUT2D eigenvalue weighted by Crippen LogP contribution is -2.31. The molecular formula is C22H21N3O2S. The lowest BCUT2D eigenvalue weighted by Gasteiger charge is -2.25. The van der Waals surface area contributed by atoms with Crippen molar-refractivity contribution >= 4 is 28.3 Å². The van der Waals surface area contributed by atoms with Crippen LogP contribution in [0.5, 0.6) is 0 Å². The highest BCUT2D eigenvalue weighted by atomic mass is 32.1. The largest absolute Gasteiger partial charge is 0.335 e. The third kappa shape index (κ3) is 4.12. The molecule has 28 heavy (non-hydrogen) atoms.